The van der Waals surface area contributed by atoms with Gasteiger partial charge in [0.2, 0.25) is 15.9 Å². The number of carbonyl (C=O) groups is 1. The Kier molecular flexibility index (Phi) is 6.81. The van der Waals surface area contributed by atoms with E-state index in [0.717, 1.165) is 5.75 Å². The van der Waals surface area contributed by atoms with Crippen LogP contribution in [0.4, 0.5) is 0 Å². The van der Waals surface area contributed by atoms with E-state index in [4.69, 9.17) is 11.6 Å². The number of nitrogens with zero attached hydrogens (tertiary/aromatic N) is 1. The van der Waals surface area contributed by atoms with Gasteiger partial charge in [0.15, 0.2) is 0 Å². The van der Waals surface area contributed by atoms with Crippen LogP contribution < -0.4 is 5.32 Å². The van der Waals surface area contributed by atoms with Crippen LogP contribution in [-0.2, 0) is 14.8 Å². The number of sulfonamides is 1. The summed E-state index contributed by atoms with van der Waals surface area (Å²) in [5, 5.41) is 3.35. The quantitative estimate of drug-likeness (QED) is 0.739. The number of amides is 1. The molecule has 25 heavy (non-hydrogen) atoms. The molecule has 0 saturated carbocycles. The Morgan fingerprint density at radius 3 is 2.56 bits per heavy atom. The highest BCUT2D eigenvalue weighted by molar-refractivity contribution is 8.00. The molecule has 1 aromatic rings. The standard InChI is InChI=1S/C17H25ClN2O3S2/c1-17(2,3)24-12-10-19-16(21)15-5-4-11-20(15)25(22,23)14-8-6-13(18)7-9-14/h6-9,15H,4-5,10-12H2,1-3H3,(H,19,21). The van der Waals surface area contributed by atoms with Gasteiger partial charge in [-0.3, -0.25) is 4.79 Å². The van der Waals surface area contributed by atoms with Gasteiger partial charge in [0.25, 0.3) is 0 Å². The van der Waals surface area contributed by atoms with Gasteiger partial charge in [-0.05, 0) is 37.1 Å². The minimum absolute atomic E-state index is 0.141. The molecule has 1 aliphatic heterocycles. The maximum atomic E-state index is 12.8. The van der Waals surface area contributed by atoms with Crippen molar-refractivity contribution in [3.05, 3.63) is 29.3 Å². The fraction of sp³-hybridized carbons (Fsp3) is 0.588. The van der Waals surface area contributed by atoms with Crippen LogP contribution in [0.3, 0.4) is 0 Å². The van der Waals surface area contributed by atoms with Crippen LogP contribution in [-0.4, -0.2) is 48.3 Å². The number of benzene rings is 1. The number of hydrogen-bond acceptors (Lipinski definition) is 4. The Morgan fingerprint density at radius 1 is 1.32 bits per heavy atom. The lowest BCUT2D eigenvalue weighted by molar-refractivity contribution is -0.124. The van der Waals surface area contributed by atoms with Crippen LogP contribution in [0.15, 0.2) is 29.2 Å². The molecule has 8 heteroatoms. The second-order valence-corrected chi connectivity index (χ2v) is 11.2. The lowest BCUT2D eigenvalue weighted by Gasteiger charge is -2.24. The highest BCUT2D eigenvalue weighted by atomic mass is 35.5. The Labute approximate surface area is 159 Å². The molecule has 0 aromatic heterocycles. The normalized spacial score (nSPS) is 19.1. The van der Waals surface area contributed by atoms with Crippen molar-refractivity contribution in [2.75, 3.05) is 18.8 Å². The molecule has 0 bridgehead atoms. The van der Waals surface area contributed by atoms with E-state index in [1.807, 2.05) is 0 Å². The highest BCUT2D eigenvalue weighted by Gasteiger charge is 2.39. The smallest absolute Gasteiger partial charge is 0.243 e. The first-order chi connectivity index (χ1) is 11.6. The third-order valence-corrected chi connectivity index (χ3v) is 7.31. The molecule has 1 N–H and O–H groups in total. The van der Waals surface area contributed by atoms with E-state index in [-0.39, 0.29) is 15.5 Å². The zero-order valence-electron chi connectivity index (χ0n) is 14.8. The molecular weight excluding hydrogens is 380 g/mol. The monoisotopic (exact) mass is 404 g/mol. The summed E-state index contributed by atoms with van der Waals surface area (Å²) in [5.41, 5.74) is 0. The Bertz CT molecular complexity index is 700. The number of rotatable bonds is 6. The molecular formula is C17H25ClN2O3S2. The van der Waals surface area contributed by atoms with E-state index in [1.165, 1.54) is 16.4 Å². The van der Waals surface area contributed by atoms with Gasteiger partial charge in [-0.15, -0.1) is 0 Å². The van der Waals surface area contributed by atoms with Crippen molar-refractivity contribution in [3.8, 4) is 0 Å². The molecule has 1 atom stereocenters. The van der Waals surface area contributed by atoms with Crippen LogP contribution in [0.5, 0.6) is 0 Å². The maximum absolute atomic E-state index is 12.8. The number of thioether (sulfide) groups is 1. The molecule has 1 amide bonds. The topological polar surface area (TPSA) is 66.5 Å². The van der Waals surface area contributed by atoms with E-state index < -0.39 is 16.1 Å². The molecule has 1 saturated heterocycles. The molecule has 2 rings (SSSR count). The molecule has 140 valence electrons. The minimum atomic E-state index is -3.69. The molecule has 1 heterocycles. The summed E-state index contributed by atoms with van der Waals surface area (Å²) < 4.78 is 27.1. The molecule has 1 aromatic carbocycles. The van der Waals surface area contributed by atoms with E-state index in [9.17, 15) is 13.2 Å². The lowest BCUT2D eigenvalue weighted by Crippen LogP contribution is -2.46. The summed E-state index contributed by atoms with van der Waals surface area (Å²) in [7, 11) is -3.69. The second kappa shape index (κ2) is 8.29. The Morgan fingerprint density at radius 2 is 1.96 bits per heavy atom. The zero-order valence-corrected chi connectivity index (χ0v) is 17.2. The van der Waals surface area contributed by atoms with Crippen molar-refractivity contribution < 1.29 is 13.2 Å². The van der Waals surface area contributed by atoms with Gasteiger partial charge >= 0.3 is 0 Å². The number of nitrogens with one attached hydrogen (secondary N) is 1. The van der Waals surface area contributed by atoms with E-state index >= 15 is 0 Å². The summed E-state index contributed by atoms with van der Waals surface area (Å²) in [6.45, 7) is 7.26. The predicted octanol–water partition coefficient (Wildman–Crippen LogP) is 3.14. The van der Waals surface area contributed by atoms with Crippen LogP contribution in [0.2, 0.25) is 5.02 Å². The second-order valence-electron chi connectivity index (χ2n) is 6.98. The summed E-state index contributed by atoms with van der Waals surface area (Å²) in [6, 6.07) is 5.41. The van der Waals surface area contributed by atoms with Gasteiger partial charge in [0, 0.05) is 28.6 Å². The van der Waals surface area contributed by atoms with Gasteiger partial charge < -0.3 is 5.32 Å². The average Bonchev–Trinajstić information content (AvgIpc) is 3.01. The van der Waals surface area contributed by atoms with Gasteiger partial charge in [-0.1, -0.05) is 32.4 Å². The van der Waals surface area contributed by atoms with E-state index in [2.05, 4.69) is 26.1 Å². The molecule has 0 aliphatic carbocycles. The van der Waals surface area contributed by atoms with Crippen molar-refractivity contribution in [3.63, 3.8) is 0 Å². The first-order valence-corrected chi connectivity index (χ1v) is 11.1. The molecule has 1 aliphatic rings. The highest BCUT2D eigenvalue weighted by Crippen LogP contribution is 2.27. The Hall–Kier alpha value is -0.760. The van der Waals surface area contributed by atoms with E-state index in [1.54, 1.807) is 23.9 Å². The van der Waals surface area contributed by atoms with Crippen LogP contribution >= 0.6 is 23.4 Å². The van der Waals surface area contributed by atoms with Crippen molar-refractivity contribution in [1.29, 1.82) is 0 Å². The summed E-state index contributed by atoms with van der Waals surface area (Å²) >= 11 is 7.59. The fourth-order valence-electron chi connectivity index (χ4n) is 2.68. The maximum Gasteiger partial charge on any atom is 0.243 e. The van der Waals surface area contributed by atoms with Crippen molar-refractivity contribution in [2.45, 2.75) is 49.3 Å². The molecule has 1 unspecified atom stereocenters. The van der Waals surface area contributed by atoms with Crippen molar-refractivity contribution in [1.82, 2.24) is 9.62 Å². The fourth-order valence-corrected chi connectivity index (χ4v) is 5.28. The van der Waals surface area contributed by atoms with Gasteiger partial charge in [0.1, 0.15) is 6.04 Å². The van der Waals surface area contributed by atoms with Gasteiger partial charge in [-0.2, -0.15) is 16.1 Å². The van der Waals surface area contributed by atoms with Gasteiger partial charge in [-0.25, -0.2) is 8.42 Å². The first kappa shape index (κ1) is 20.6. The zero-order chi connectivity index (χ0) is 18.7. The predicted molar refractivity (Wildman–Crippen MR) is 104 cm³/mol. The summed E-state index contributed by atoms with van der Waals surface area (Å²) in [6.07, 6.45) is 1.23. The number of hydrogen-bond donors (Lipinski definition) is 1. The molecule has 5 nitrogen and oxygen atoms in total. The first-order valence-electron chi connectivity index (χ1n) is 8.30. The lowest BCUT2D eigenvalue weighted by atomic mass is 10.2. The van der Waals surface area contributed by atoms with E-state index in [0.29, 0.717) is 31.0 Å². The Balaban J connectivity index is 2.01. The van der Waals surface area contributed by atoms with Crippen molar-refractivity contribution in [2.24, 2.45) is 0 Å². The SMILES string of the molecule is CC(C)(C)SCCNC(=O)C1CCCN1S(=O)(=O)c1ccc(Cl)cc1. The third kappa shape index (κ3) is 5.61. The van der Waals surface area contributed by atoms with Crippen LogP contribution in [0.25, 0.3) is 0 Å². The third-order valence-electron chi connectivity index (χ3n) is 3.86. The summed E-state index contributed by atoms with van der Waals surface area (Å²) in [4.78, 5) is 12.6. The van der Waals surface area contributed by atoms with Crippen LogP contribution in [0.1, 0.15) is 33.6 Å². The number of carbonyl (C=O) groups excluding carboxylic acids is 1. The van der Waals surface area contributed by atoms with Crippen LogP contribution in [0, 0.1) is 0 Å². The average molecular weight is 405 g/mol. The number of halogens is 1. The van der Waals surface area contributed by atoms with Gasteiger partial charge in [0.05, 0.1) is 4.90 Å². The molecule has 0 radical (unpaired) electrons. The minimum Gasteiger partial charge on any atom is -0.354 e. The van der Waals surface area contributed by atoms with Crippen molar-refractivity contribution >= 4 is 39.3 Å². The summed E-state index contributed by atoms with van der Waals surface area (Å²) in [5.74, 6) is 0.580. The molecule has 0 spiro atoms. The molecule has 1 fully saturated rings. The largest absolute Gasteiger partial charge is 0.354 e.